The standard InChI is InChI=1S/C18H23N3O2/c1-23-17-5-3-2-4-16(17)21-10-8-15(9-11-21)19-12-14-6-7-18(22)20-13-14/h2-7,13,15,19H,8-12H2,1H3,(H,20,22). The first-order valence-corrected chi connectivity index (χ1v) is 8.05. The average Bonchev–Trinajstić information content (AvgIpc) is 2.62. The van der Waals surface area contributed by atoms with Gasteiger partial charge in [0, 0.05) is 37.9 Å². The Morgan fingerprint density at radius 2 is 2.00 bits per heavy atom. The molecule has 1 saturated heterocycles. The number of H-pyrrole nitrogens is 1. The monoisotopic (exact) mass is 313 g/mol. The summed E-state index contributed by atoms with van der Waals surface area (Å²) < 4.78 is 5.45. The number of nitrogens with zero attached hydrogens (tertiary/aromatic N) is 1. The smallest absolute Gasteiger partial charge is 0.247 e. The van der Waals surface area contributed by atoms with Gasteiger partial charge in [0.15, 0.2) is 0 Å². The molecule has 0 saturated carbocycles. The van der Waals surface area contributed by atoms with Gasteiger partial charge in [-0.25, -0.2) is 0 Å². The Kier molecular flexibility index (Phi) is 4.98. The lowest BCUT2D eigenvalue weighted by Gasteiger charge is -2.34. The van der Waals surface area contributed by atoms with Crippen LogP contribution in [0, 0.1) is 0 Å². The molecule has 0 radical (unpaired) electrons. The highest BCUT2D eigenvalue weighted by Crippen LogP contribution is 2.29. The summed E-state index contributed by atoms with van der Waals surface area (Å²) in [5.74, 6) is 0.937. The van der Waals surface area contributed by atoms with Gasteiger partial charge < -0.3 is 19.9 Å². The van der Waals surface area contributed by atoms with E-state index in [1.807, 2.05) is 18.2 Å². The molecule has 0 atom stereocenters. The predicted octanol–water partition coefficient (Wildman–Crippen LogP) is 2.14. The Labute approximate surface area is 136 Å². The number of aromatic amines is 1. The van der Waals surface area contributed by atoms with Gasteiger partial charge in [0.25, 0.3) is 0 Å². The van der Waals surface area contributed by atoms with E-state index in [4.69, 9.17) is 4.74 Å². The van der Waals surface area contributed by atoms with Crippen LogP contribution in [0.15, 0.2) is 47.4 Å². The van der Waals surface area contributed by atoms with Crippen molar-refractivity contribution in [1.29, 1.82) is 0 Å². The highest BCUT2D eigenvalue weighted by molar-refractivity contribution is 5.58. The summed E-state index contributed by atoms with van der Waals surface area (Å²) in [7, 11) is 1.72. The number of ether oxygens (including phenoxy) is 1. The molecule has 2 heterocycles. The van der Waals surface area contributed by atoms with Crippen LogP contribution < -0.4 is 20.5 Å². The number of hydrogen-bond donors (Lipinski definition) is 2. The van der Waals surface area contributed by atoms with Crippen molar-refractivity contribution in [3.8, 4) is 5.75 Å². The molecule has 1 aromatic heterocycles. The summed E-state index contributed by atoms with van der Waals surface area (Å²) in [6.07, 6.45) is 3.97. The van der Waals surface area contributed by atoms with E-state index >= 15 is 0 Å². The number of pyridine rings is 1. The maximum absolute atomic E-state index is 11.1. The maximum Gasteiger partial charge on any atom is 0.247 e. The van der Waals surface area contributed by atoms with E-state index in [9.17, 15) is 4.79 Å². The molecule has 3 rings (SSSR count). The SMILES string of the molecule is COc1ccccc1N1CCC(NCc2ccc(=O)[nH]c2)CC1. The molecule has 122 valence electrons. The minimum absolute atomic E-state index is 0.0566. The van der Waals surface area contributed by atoms with Crippen LogP contribution in [0.3, 0.4) is 0 Å². The second kappa shape index (κ2) is 7.33. The van der Waals surface area contributed by atoms with Crippen LogP contribution in [0.1, 0.15) is 18.4 Å². The Hall–Kier alpha value is -2.27. The topological polar surface area (TPSA) is 57.4 Å². The lowest BCUT2D eigenvalue weighted by Crippen LogP contribution is -2.42. The predicted molar refractivity (Wildman–Crippen MR) is 92.1 cm³/mol. The molecular weight excluding hydrogens is 290 g/mol. The molecular formula is C18H23N3O2. The zero-order valence-electron chi connectivity index (χ0n) is 13.4. The molecule has 1 fully saturated rings. The molecule has 0 spiro atoms. The van der Waals surface area contributed by atoms with Crippen molar-refractivity contribution in [2.24, 2.45) is 0 Å². The van der Waals surface area contributed by atoms with Crippen molar-refractivity contribution >= 4 is 5.69 Å². The van der Waals surface area contributed by atoms with Gasteiger partial charge in [0.2, 0.25) is 5.56 Å². The van der Waals surface area contributed by atoms with Crippen LogP contribution in [-0.2, 0) is 6.54 Å². The highest BCUT2D eigenvalue weighted by atomic mass is 16.5. The third-order valence-corrected chi connectivity index (χ3v) is 4.36. The molecule has 5 heteroatoms. The Morgan fingerprint density at radius 1 is 1.22 bits per heavy atom. The van der Waals surface area contributed by atoms with E-state index < -0.39 is 0 Å². The number of methoxy groups -OCH3 is 1. The first kappa shape index (κ1) is 15.6. The van der Waals surface area contributed by atoms with Crippen molar-refractivity contribution in [2.75, 3.05) is 25.1 Å². The van der Waals surface area contributed by atoms with E-state index in [0.29, 0.717) is 6.04 Å². The molecule has 2 N–H and O–H groups in total. The van der Waals surface area contributed by atoms with Crippen LogP contribution in [0.5, 0.6) is 5.75 Å². The van der Waals surface area contributed by atoms with Crippen molar-refractivity contribution in [3.05, 3.63) is 58.5 Å². The first-order valence-electron chi connectivity index (χ1n) is 8.05. The zero-order valence-corrected chi connectivity index (χ0v) is 13.4. The fourth-order valence-corrected chi connectivity index (χ4v) is 3.03. The van der Waals surface area contributed by atoms with Crippen molar-refractivity contribution in [2.45, 2.75) is 25.4 Å². The van der Waals surface area contributed by atoms with Crippen molar-refractivity contribution in [3.63, 3.8) is 0 Å². The summed E-state index contributed by atoms with van der Waals surface area (Å²) in [4.78, 5) is 16.2. The molecule has 0 amide bonds. The number of piperidine rings is 1. The molecule has 1 aliphatic heterocycles. The van der Waals surface area contributed by atoms with E-state index in [1.54, 1.807) is 19.4 Å². The van der Waals surface area contributed by atoms with Gasteiger partial charge in [0.1, 0.15) is 5.75 Å². The molecule has 1 aliphatic rings. The quantitative estimate of drug-likeness (QED) is 0.888. The molecule has 0 aliphatic carbocycles. The summed E-state index contributed by atoms with van der Waals surface area (Å²) in [5, 5.41) is 3.58. The fraction of sp³-hybridized carbons (Fsp3) is 0.389. The van der Waals surface area contributed by atoms with Gasteiger partial charge in [0.05, 0.1) is 12.8 Å². The largest absolute Gasteiger partial charge is 0.495 e. The number of aromatic nitrogens is 1. The second-order valence-corrected chi connectivity index (χ2v) is 5.88. The fourth-order valence-electron chi connectivity index (χ4n) is 3.03. The van der Waals surface area contributed by atoms with Crippen LogP contribution in [0.25, 0.3) is 0 Å². The minimum atomic E-state index is -0.0566. The van der Waals surface area contributed by atoms with Crippen molar-refractivity contribution < 1.29 is 4.74 Å². The third-order valence-electron chi connectivity index (χ3n) is 4.36. The Morgan fingerprint density at radius 3 is 2.70 bits per heavy atom. The minimum Gasteiger partial charge on any atom is -0.495 e. The zero-order chi connectivity index (χ0) is 16.1. The summed E-state index contributed by atoms with van der Waals surface area (Å²) in [6, 6.07) is 12.1. The van der Waals surface area contributed by atoms with Gasteiger partial charge in [-0.15, -0.1) is 0 Å². The third kappa shape index (κ3) is 3.93. The molecule has 0 bridgehead atoms. The number of hydrogen-bond acceptors (Lipinski definition) is 4. The summed E-state index contributed by atoms with van der Waals surface area (Å²) in [5.41, 5.74) is 2.23. The molecule has 23 heavy (non-hydrogen) atoms. The average molecular weight is 313 g/mol. The number of rotatable bonds is 5. The number of nitrogens with one attached hydrogen (secondary N) is 2. The van der Waals surface area contributed by atoms with E-state index in [2.05, 4.69) is 27.3 Å². The van der Waals surface area contributed by atoms with Gasteiger partial charge in [-0.05, 0) is 30.5 Å². The Balaban J connectivity index is 1.52. The normalized spacial score (nSPS) is 15.6. The van der Waals surface area contributed by atoms with Gasteiger partial charge in [-0.2, -0.15) is 0 Å². The van der Waals surface area contributed by atoms with E-state index in [0.717, 1.165) is 43.8 Å². The van der Waals surface area contributed by atoms with Crippen molar-refractivity contribution in [1.82, 2.24) is 10.3 Å². The number of benzene rings is 1. The Bertz CT molecular complexity index is 670. The van der Waals surface area contributed by atoms with E-state index in [-0.39, 0.29) is 5.56 Å². The maximum atomic E-state index is 11.1. The van der Waals surface area contributed by atoms with Gasteiger partial charge in [-0.3, -0.25) is 4.79 Å². The summed E-state index contributed by atoms with van der Waals surface area (Å²) >= 11 is 0. The lowest BCUT2D eigenvalue weighted by molar-refractivity contribution is 0.397. The first-order chi connectivity index (χ1) is 11.3. The second-order valence-electron chi connectivity index (χ2n) is 5.88. The van der Waals surface area contributed by atoms with Crippen LogP contribution in [-0.4, -0.2) is 31.2 Å². The summed E-state index contributed by atoms with van der Waals surface area (Å²) in [6.45, 7) is 2.82. The highest BCUT2D eigenvalue weighted by Gasteiger charge is 2.20. The van der Waals surface area contributed by atoms with Crippen LogP contribution >= 0.6 is 0 Å². The lowest BCUT2D eigenvalue weighted by atomic mass is 10.0. The van der Waals surface area contributed by atoms with Crippen LogP contribution in [0.2, 0.25) is 0 Å². The number of anilines is 1. The van der Waals surface area contributed by atoms with Gasteiger partial charge >= 0.3 is 0 Å². The van der Waals surface area contributed by atoms with E-state index in [1.165, 1.54) is 5.69 Å². The molecule has 0 unspecified atom stereocenters. The molecule has 1 aromatic carbocycles. The molecule has 5 nitrogen and oxygen atoms in total. The van der Waals surface area contributed by atoms with Crippen LogP contribution in [0.4, 0.5) is 5.69 Å². The van der Waals surface area contributed by atoms with Gasteiger partial charge in [-0.1, -0.05) is 18.2 Å². The number of para-hydroxylation sites is 2. The molecule has 2 aromatic rings.